The van der Waals surface area contributed by atoms with Crippen LogP contribution in [0.15, 0.2) is 0 Å². The van der Waals surface area contributed by atoms with Crippen molar-refractivity contribution in [3.63, 3.8) is 0 Å². The second-order valence-electron chi connectivity index (χ2n) is 4.71. The molecule has 0 aromatic rings. The Hall–Kier alpha value is -0.330. The van der Waals surface area contributed by atoms with Crippen LogP contribution in [0.5, 0.6) is 0 Å². The van der Waals surface area contributed by atoms with Crippen LogP contribution in [0, 0.1) is 17.8 Å². The van der Waals surface area contributed by atoms with Crippen LogP contribution in [-0.4, -0.2) is 22.7 Å². The van der Waals surface area contributed by atoms with Crippen molar-refractivity contribution in [2.45, 2.75) is 40.7 Å². The van der Waals surface area contributed by atoms with E-state index in [-0.39, 0.29) is 28.3 Å². The normalized spacial score (nSPS) is 14.6. The second kappa shape index (κ2) is 7.89. The van der Waals surface area contributed by atoms with E-state index >= 15 is 0 Å². The van der Waals surface area contributed by atoms with Crippen LogP contribution in [-0.2, 0) is 19.1 Å². The van der Waals surface area contributed by atoms with Crippen molar-refractivity contribution in [1.82, 2.24) is 0 Å². The Morgan fingerprint density at radius 2 is 1.53 bits per heavy atom. The fourth-order valence-electron chi connectivity index (χ4n) is 1.10. The van der Waals surface area contributed by atoms with E-state index in [0.717, 1.165) is 0 Å². The molecular formula is C12H21IO4. The molecule has 0 spiro atoms. The summed E-state index contributed by atoms with van der Waals surface area (Å²) >= 11 is 1.93. The quantitative estimate of drug-likeness (QED) is 0.417. The zero-order valence-electron chi connectivity index (χ0n) is 11.0. The SMILES string of the molecule is CC(C)C(C)C(=O)OC(C(=O)OCI)C(C)C. The molecule has 2 unspecified atom stereocenters. The van der Waals surface area contributed by atoms with Gasteiger partial charge in [0.05, 0.1) is 5.92 Å². The molecule has 0 aromatic carbocycles. The number of halogens is 1. The summed E-state index contributed by atoms with van der Waals surface area (Å²) in [6, 6.07) is 0. The van der Waals surface area contributed by atoms with E-state index in [9.17, 15) is 9.59 Å². The van der Waals surface area contributed by atoms with E-state index in [1.54, 1.807) is 6.92 Å². The molecule has 0 radical (unpaired) electrons. The average Bonchev–Trinajstić information content (AvgIpc) is 2.23. The van der Waals surface area contributed by atoms with Gasteiger partial charge in [-0.3, -0.25) is 4.79 Å². The van der Waals surface area contributed by atoms with Crippen molar-refractivity contribution in [2.75, 3.05) is 4.61 Å². The van der Waals surface area contributed by atoms with Crippen LogP contribution < -0.4 is 0 Å². The molecule has 0 saturated heterocycles. The zero-order valence-corrected chi connectivity index (χ0v) is 13.2. The first-order valence-electron chi connectivity index (χ1n) is 5.74. The zero-order chi connectivity index (χ0) is 13.6. The molecule has 0 aliphatic rings. The predicted molar refractivity (Wildman–Crippen MR) is 73.7 cm³/mol. The summed E-state index contributed by atoms with van der Waals surface area (Å²) in [7, 11) is 0. The van der Waals surface area contributed by atoms with E-state index in [1.807, 2.05) is 50.3 Å². The molecule has 0 saturated carbocycles. The number of hydrogen-bond acceptors (Lipinski definition) is 4. The van der Waals surface area contributed by atoms with Gasteiger partial charge in [-0.1, -0.05) is 34.6 Å². The third kappa shape index (κ3) is 5.70. The van der Waals surface area contributed by atoms with Crippen molar-refractivity contribution < 1.29 is 19.1 Å². The minimum atomic E-state index is -0.807. The van der Waals surface area contributed by atoms with Gasteiger partial charge in [0.25, 0.3) is 0 Å². The highest BCUT2D eigenvalue weighted by atomic mass is 127. The van der Waals surface area contributed by atoms with Gasteiger partial charge >= 0.3 is 11.9 Å². The van der Waals surface area contributed by atoms with Crippen molar-refractivity contribution in [3.8, 4) is 0 Å². The van der Waals surface area contributed by atoms with Gasteiger partial charge in [-0.15, -0.1) is 0 Å². The lowest BCUT2D eigenvalue weighted by molar-refractivity contribution is -0.172. The summed E-state index contributed by atoms with van der Waals surface area (Å²) in [6.07, 6.45) is -0.807. The Balaban J connectivity index is 4.55. The fourth-order valence-corrected chi connectivity index (χ4v) is 1.40. The van der Waals surface area contributed by atoms with E-state index in [0.29, 0.717) is 0 Å². The summed E-state index contributed by atoms with van der Waals surface area (Å²) in [5, 5.41) is 0. The van der Waals surface area contributed by atoms with Crippen LogP contribution in [0.25, 0.3) is 0 Å². The number of carbonyl (C=O) groups excluding carboxylic acids is 2. The third-order valence-electron chi connectivity index (χ3n) is 2.65. The average molecular weight is 356 g/mol. The van der Waals surface area contributed by atoms with Gasteiger partial charge in [0.15, 0.2) is 0 Å². The first-order chi connectivity index (χ1) is 7.81. The maximum atomic E-state index is 11.8. The lowest BCUT2D eigenvalue weighted by Crippen LogP contribution is -2.36. The van der Waals surface area contributed by atoms with Gasteiger partial charge < -0.3 is 9.47 Å². The van der Waals surface area contributed by atoms with E-state index in [1.165, 1.54) is 0 Å². The fraction of sp³-hybridized carbons (Fsp3) is 0.833. The maximum absolute atomic E-state index is 11.8. The maximum Gasteiger partial charge on any atom is 0.348 e. The van der Waals surface area contributed by atoms with Crippen LogP contribution >= 0.6 is 22.6 Å². The van der Waals surface area contributed by atoms with Crippen molar-refractivity contribution in [2.24, 2.45) is 17.8 Å². The molecule has 100 valence electrons. The highest BCUT2D eigenvalue weighted by Gasteiger charge is 2.30. The smallest absolute Gasteiger partial charge is 0.348 e. The lowest BCUT2D eigenvalue weighted by Gasteiger charge is -2.22. The molecule has 0 fully saturated rings. The molecule has 0 aliphatic heterocycles. The second-order valence-corrected chi connectivity index (χ2v) is 5.33. The van der Waals surface area contributed by atoms with E-state index in [2.05, 4.69) is 0 Å². The molecule has 2 atom stereocenters. The molecule has 0 aliphatic carbocycles. The molecule has 4 nitrogen and oxygen atoms in total. The van der Waals surface area contributed by atoms with Gasteiger partial charge in [0, 0.05) is 5.92 Å². The number of esters is 2. The topological polar surface area (TPSA) is 52.6 Å². The van der Waals surface area contributed by atoms with Gasteiger partial charge in [-0.2, -0.15) is 0 Å². The van der Waals surface area contributed by atoms with Crippen LogP contribution in [0.2, 0.25) is 0 Å². The lowest BCUT2D eigenvalue weighted by atomic mass is 9.98. The largest absolute Gasteiger partial charge is 0.452 e. The first kappa shape index (κ1) is 16.7. The van der Waals surface area contributed by atoms with Gasteiger partial charge in [-0.25, -0.2) is 4.79 Å². The van der Waals surface area contributed by atoms with E-state index in [4.69, 9.17) is 9.47 Å². The van der Waals surface area contributed by atoms with E-state index < -0.39 is 12.1 Å². The molecule has 0 amide bonds. The Morgan fingerprint density at radius 3 is 1.88 bits per heavy atom. The van der Waals surface area contributed by atoms with Gasteiger partial charge in [-0.05, 0) is 28.5 Å². The number of ether oxygens (including phenoxy) is 2. The highest BCUT2D eigenvalue weighted by Crippen LogP contribution is 2.16. The Morgan fingerprint density at radius 1 is 1.00 bits per heavy atom. The molecule has 0 bridgehead atoms. The van der Waals surface area contributed by atoms with Crippen molar-refractivity contribution >= 4 is 34.5 Å². The molecule has 0 heterocycles. The minimum absolute atomic E-state index is 0.0891. The summed E-state index contributed by atoms with van der Waals surface area (Å²) in [4.78, 5) is 23.4. The third-order valence-corrected chi connectivity index (χ3v) is 2.96. The van der Waals surface area contributed by atoms with Crippen LogP contribution in [0.1, 0.15) is 34.6 Å². The summed E-state index contributed by atoms with van der Waals surface area (Å²) < 4.78 is 10.4. The Bertz CT molecular complexity index is 263. The van der Waals surface area contributed by atoms with Gasteiger partial charge in [0.1, 0.15) is 4.61 Å². The summed E-state index contributed by atoms with van der Waals surface area (Å²) in [5.74, 6) is -0.934. The van der Waals surface area contributed by atoms with Crippen molar-refractivity contribution in [1.29, 1.82) is 0 Å². The summed E-state index contributed by atoms with van der Waals surface area (Å²) in [6.45, 7) is 9.34. The first-order valence-corrected chi connectivity index (χ1v) is 7.26. The molecule has 0 rings (SSSR count). The monoisotopic (exact) mass is 356 g/mol. The highest BCUT2D eigenvalue weighted by molar-refractivity contribution is 14.1. The molecule has 5 heteroatoms. The number of carbonyl (C=O) groups is 2. The summed E-state index contributed by atoms with van der Waals surface area (Å²) in [5.41, 5.74) is 0. The van der Waals surface area contributed by atoms with Crippen LogP contribution in [0.4, 0.5) is 0 Å². The Labute approximate surface area is 117 Å². The number of rotatable bonds is 6. The molecular weight excluding hydrogens is 335 g/mol. The van der Waals surface area contributed by atoms with Crippen molar-refractivity contribution in [3.05, 3.63) is 0 Å². The molecule has 0 N–H and O–H groups in total. The number of alkyl halides is 1. The standard InChI is InChI=1S/C12H21IO4/c1-7(2)9(5)11(14)17-10(8(3)4)12(15)16-6-13/h7-10H,6H2,1-5H3. The van der Waals surface area contributed by atoms with Gasteiger partial charge in [0.2, 0.25) is 6.10 Å². The molecule has 17 heavy (non-hydrogen) atoms. The predicted octanol–water partition coefficient (Wildman–Crippen LogP) is 2.78. The number of hydrogen-bond donors (Lipinski definition) is 0. The van der Waals surface area contributed by atoms with Crippen LogP contribution in [0.3, 0.4) is 0 Å². The minimum Gasteiger partial charge on any atom is -0.452 e. The Kier molecular flexibility index (Phi) is 7.74. The molecule has 0 aromatic heterocycles.